The maximum absolute atomic E-state index is 12.4. The molecule has 2 heterocycles. The summed E-state index contributed by atoms with van der Waals surface area (Å²) < 4.78 is 5.58. The normalized spacial score (nSPS) is 15.5. The van der Waals surface area contributed by atoms with Crippen LogP contribution in [-0.2, 0) is 6.42 Å². The summed E-state index contributed by atoms with van der Waals surface area (Å²) in [6.45, 7) is 0. The van der Waals surface area contributed by atoms with Crippen molar-refractivity contribution in [1.29, 1.82) is 0 Å². The van der Waals surface area contributed by atoms with Crippen LogP contribution in [0.25, 0.3) is 11.1 Å². The van der Waals surface area contributed by atoms with Crippen LogP contribution in [0.4, 0.5) is 0 Å². The Kier molecular flexibility index (Phi) is 3.87. The summed E-state index contributed by atoms with van der Waals surface area (Å²) in [5.74, 6) is 0.634. The maximum Gasteiger partial charge on any atom is 0.364 e. The van der Waals surface area contributed by atoms with Crippen LogP contribution in [0.15, 0.2) is 24.9 Å². The minimum atomic E-state index is -0.768. The molecule has 2 aromatic heterocycles. The van der Waals surface area contributed by atoms with E-state index in [0.29, 0.717) is 22.6 Å². The van der Waals surface area contributed by atoms with Gasteiger partial charge < -0.3 is 9.25 Å². The lowest BCUT2D eigenvalue weighted by Crippen LogP contribution is -2.39. The fourth-order valence-corrected chi connectivity index (χ4v) is 3.23. The second-order valence-electron chi connectivity index (χ2n) is 5.70. The fourth-order valence-electron chi connectivity index (χ4n) is 3.23. The van der Waals surface area contributed by atoms with Gasteiger partial charge in [-0.3, -0.25) is 9.78 Å². The molecule has 0 saturated heterocycles. The van der Waals surface area contributed by atoms with E-state index in [-0.39, 0.29) is 11.1 Å². The fraction of sp³-hybridized carbons (Fsp3) is 0.533. The van der Waals surface area contributed by atoms with Crippen molar-refractivity contribution >= 4 is 11.1 Å². The van der Waals surface area contributed by atoms with Gasteiger partial charge in [-0.05, 0) is 24.3 Å². The van der Waals surface area contributed by atoms with Gasteiger partial charge in [0.05, 0.1) is 0 Å². The Morgan fingerprint density at radius 2 is 2.05 bits per heavy atom. The minimum Gasteiger partial charge on any atom is -0.409 e. The van der Waals surface area contributed by atoms with Crippen LogP contribution in [0.2, 0.25) is 0 Å². The summed E-state index contributed by atoms with van der Waals surface area (Å²) in [6, 6.07) is 1.33. The lowest BCUT2D eigenvalue weighted by Gasteiger charge is -2.10. The number of fused-ring (bicyclic) bond motifs is 1. The van der Waals surface area contributed by atoms with Crippen LogP contribution in [0.1, 0.15) is 37.7 Å². The molecule has 1 N–H and O–H groups in total. The molecule has 1 saturated carbocycles. The van der Waals surface area contributed by atoms with Gasteiger partial charge in [-0.1, -0.05) is 30.4 Å². The molecule has 22 heavy (non-hydrogen) atoms. The van der Waals surface area contributed by atoms with Crippen molar-refractivity contribution in [3.05, 3.63) is 42.9 Å². The zero-order valence-corrected chi connectivity index (χ0v) is 12.4. The van der Waals surface area contributed by atoms with Crippen LogP contribution in [-0.4, -0.2) is 16.8 Å². The van der Waals surface area contributed by atoms with Gasteiger partial charge in [-0.25, -0.2) is 9.59 Å². The maximum atomic E-state index is 12.4. The predicted octanol–water partition coefficient (Wildman–Crippen LogP) is 0.824. The highest BCUT2D eigenvalue weighted by Crippen LogP contribution is 2.29. The average molecular weight is 306 g/mol. The third kappa shape index (κ3) is 2.58. The van der Waals surface area contributed by atoms with Gasteiger partial charge in [-0.15, -0.1) is 0 Å². The first-order valence-electron chi connectivity index (χ1n) is 7.46. The van der Waals surface area contributed by atoms with Crippen molar-refractivity contribution in [3.8, 4) is 0 Å². The van der Waals surface area contributed by atoms with Crippen molar-refractivity contribution in [2.24, 2.45) is 5.92 Å². The first kappa shape index (κ1) is 14.6. The molecule has 1 fully saturated rings. The molecule has 0 spiro atoms. The Bertz CT molecular complexity index is 855. The molecular weight excluding hydrogens is 288 g/mol. The van der Waals surface area contributed by atoms with Crippen LogP contribution in [0, 0.1) is 5.92 Å². The van der Waals surface area contributed by atoms with Crippen molar-refractivity contribution < 1.29 is 9.25 Å². The lowest BCUT2D eigenvalue weighted by atomic mass is 9.97. The minimum absolute atomic E-state index is 0.0859. The standard InChI is InChI=1S/C15H18N2O5/c1-21-17-14(19)12-10(7-6-9-4-2-3-5-9)8-11(18)22-13(12)16-15(17)20/h8-9H,2-7H2,1H3,(H,16,20). The van der Waals surface area contributed by atoms with Gasteiger partial charge in [0.25, 0.3) is 0 Å². The summed E-state index contributed by atoms with van der Waals surface area (Å²) in [5, 5.41) is 0.207. The van der Waals surface area contributed by atoms with E-state index in [2.05, 4.69) is 4.98 Å². The summed E-state index contributed by atoms with van der Waals surface area (Å²) in [6.07, 6.45) is 6.40. The van der Waals surface area contributed by atoms with E-state index in [1.165, 1.54) is 38.9 Å². The molecule has 7 nitrogen and oxygen atoms in total. The van der Waals surface area contributed by atoms with Crippen LogP contribution in [0.5, 0.6) is 0 Å². The second kappa shape index (κ2) is 5.82. The molecule has 1 aliphatic carbocycles. The number of H-pyrrole nitrogens is 1. The van der Waals surface area contributed by atoms with Crippen LogP contribution in [0.3, 0.4) is 0 Å². The molecule has 0 atom stereocenters. The van der Waals surface area contributed by atoms with Gasteiger partial charge >= 0.3 is 16.9 Å². The van der Waals surface area contributed by atoms with Crippen molar-refractivity contribution in [3.63, 3.8) is 0 Å². The first-order chi connectivity index (χ1) is 10.6. The third-order valence-corrected chi connectivity index (χ3v) is 4.33. The van der Waals surface area contributed by atoms with Crippen molar-refractivity contribution in [2.75, 3.05) is 7.11 Å². The van der Waals surface area contributed by atoms with E-state index in [1.807, 2.05) is 0 Å². The number of hydrogen-bond acceptors (Lipinski definition) is 5. The molecule has 0 amide bonds. The number of aromatic amines is 1. The highest BCUT2D eigenvalue weighted by Gasteiger charge is 2.18. The quantitative estimate of drug-likeness (QED) is 0.902. The predicted molar refractivity (Wildman–Crippen MR) is 80.1 cm³/mol. The molecule has 3 rings (SSSR count). The topological polar surface area (TPSA) is 94.3 Å². The van der Waals surface area contributed by atoms with Gasteiger partial charge in [0, 0.05) is 6.07 Å². The van der Waals surface area contributed by atoms with Crippen molar-refractivity contribution in [1.82, 2.24) is 9.71 Å². The first-order valence-corrected chi connectivity index (χ1v) is 7.46. The molecule has 0 bridgehead atoms. The van der Waals surface area contributed by atoms with E-state index >= 15 is 0 Å². The van der Waals surface area contributed by atoms with E-state index in [0.717, 1.165) is 6.42 Å². The number of hydrogen-bond donors (Lipinski definition) is 1. The average Bonchev–Trinajstić information content (AvgIpc) is 2.97. The summed E-state index contributed by atoms with van der Waals surface area (Å²) in [7, 11) is 1.24. The highest BCUT2D eigenvalue weighted by atomic mass is 16.7. The Morgan fingerprint density at radius 1 is 1.32 bits per heavy atom. The highest BCUT2D eigenvalue weighted by molar-refractivity contribution is 5.75. The third-order valence-electron chi connectivity index (χ3n) is 4.33. The van der Waals surface area contributed by atoms with E-state index in [4.69, 9.17) is 9.25 Å². The lowest BCUT2D eigenvalue weighted by molar-refractivity contribution is 0.145. The van der Waals surface area contributed by atoms with Crippen LogP contribution < -0.4 is 21.7 Å². The largest absolute Gasteiger partial charge is 0.409 e. The number of nitrogens with zero attached hydrogens (tertiary/aromatic N) is 1. The van der Waals surface area contributed by atoms with Gasteiger partial charge in [0.2, 0.25) is 5.71 Å². The zero-order chi connectivity index (χ0) is 15.7. The Morgan fingerprint density at radius 3 is 2.73 bits per heavy atom. The molecule has 118 valence electrons. The zero-order valence-electron chi connectivity index (χ0n) is 12.4. The SMILES string of the molecule is COn1c(=O)[nH]c2oc(=O)cc(CCC3CCCC3)c2c1=O. The monoisotopic (exact) mass is 306 g/mol. The number of nitrogens with one attached hydrogen (secondary N) is 1. The molecular formula is C15H18N2O5. The van der Waals surface area contributed by atoms with Gasteiger partial charge in [-0.2, -0.15) is 0 Å². The van der Waals surface area contributed by atoms with E-state index in [9.17, 15) is 14.4 Å². The molecule has 0 aliphatic heterocycles. The molecule has 7 heteroatoms. The Hall–Kier alpha value is -2.31. The van der Waals surface area contributed by atoms with Crippen LogP contribution >= 0.6 is 0 Å². The van der Waals surface area contributed by atoms with E-state index in [1.54, 1.807) is 0 Å². The Balaban J connectivity index is 2.09. The van der Waals surface area contributed by atoms with Gasteiger partial charge in [0.15, 0.2) is 0 Å². The summed E-state index contributed by atoms with van der Waals surface area (Å²) in [5.41, 5.74) is -1.43. The van der Waals surface area contributed by atoms with E-state index < -0.39 is 16.9 Å². The molecule has 2 aromatic rings. The van der Waals surface area contributed by atoms with Gasteiger partial charge in [0.1, 0.15) is 12.5 Å². The van der Waals surface area contributed by atoms with Crippen molar-refractivity contribution in [2.45, 2.75) is 38.5 Å². The number of aromatic nitrogens is 2. The molecule has 0 radical (unpaired) electrons. The molecule has 0 aromatic carbocycles. The number of aryl methyl sites for hydroxylation is 1. The molecule has 0 unspecified atom stereocenters. The summed E-state index contributed by atoms with van der Waals surface area (Å²) >= 11 is 0. The smallest absolute Gasteiger partial charge is 0.364 e. The Labute approximate surface area is 125 Å². The second-order valence-corrected chi connectivity index (χ2v) is 5.70. The number of rotatable bonds is 4. The molecule has 1 aliphatic rings. The summed E-state index contributed by atoms with van der Waals surface area (Å²) in [4.78, 5) is 42.9.